The number of esters is 1. The van der Waals surface area contributed by atoms with Crippen LogP contribution in [0.25, 0.3) is 11.0 Å². The number of imidazole rings is 1. The number of carboxylic acids is 1. The van der Waals surface area contributed by atoms with Gasteiger partial charge in [-0.3, -0.25) is 0 Å². The van der Waals surface area contributed by atoms with Gasteiger partial charge < -0.3 is 14.4 Å². The van der Waals surface area contributed by atoms with Crippen molar-refractivity contribution in [3.05, 3.63) is 29.6 Å². The number of benzene rings is 1. The first-order valence-corrected chi connectivity index (χ1v) is 6.34. The van der Waals surface area contributed by atoms with Gasteiger partial charge in [-0.1, -0.05) is 0 Å². The lowest BCUT2D eigenvalue weighted by Gasteiger charge is -2.14. The molecule has 1 aromatic carbocycles. The van der Waals surface area contributed by atoms with Gasteiger partial charge in [-0.25, -0.2) is 14.6 Å². The Morgan fingerprint density at radius 3 is 2.75 bits per heavy atom. The van der Waals surface area contributed by atoms with Crippen LogP contribution in [0.15, 0.2) is 18.2 Å². The Kier molecular flexibility index (Phi) is 3.74. The minimum atomic E-state index is -1.00. The molecule has 0 bridgehead atoms. The van der Waals surface area contributed by atoms with E-state index in [0.29, 0.717) is 23.5 Å². The number of carboxylic acid groups (broad SMARTS) is 1. The van der Waals surface area contributed by atoms with E-state index in [1.807, 2.05) is 0 Å². The van der Waals surface area contributed by atoms with Crippen LogP contribution in [0.1, 0.15) is 36.1 Å². The fourth-order valence-corrected chi connectivity index (χ4v) is 2.21. The molecule has 1 N–H and O–H groups in total. The summed E-state index contributed by atoms with van der Waals surface area (Å²) in [5, 5.41) is 8.98. The Morgan fingerprint density at radius 2 is 2.15 bits per heavy atom. The van der Waals surface area contributed by atoms with Crippen LogP contribution < -0.4 is 0 Å². The molecule has 0 amide bonds. The minimum absolute atomic E-state index is 0.172. The van der Waals surface area contributed by atoms with E-state index in [-0.39, 0.29) is 11.5 Å². The highest BCUT2D eigenvalue weighted by molar-refractivity contribution is 5.93. The smallest absolute Gasteiger partial charge is 0.335 e. The number of carbonyl (C=O) groups excluding carboxylic acids is 1. The summed E-state index contributed by atoms with van der Waals surface area (Å²) in [5.74, 6) is -0.696. The first-order valence-electron chi connectivity index (χ1n) is 6.34. The number of fused-ring (bicyclic) bond motifs is 1. The van der Waals surface area contributed by atoms with Crippen molar-refractivity contribution in [1.82, 2.24) is 9.55 Å². The van der Waals surface area contributed by atoms with Gasteiger partial charge in [0.15, 0.2) is 0 Å². The third-order valence-corrected chi connectivity index (χ3v) is 3.13. The summed E-state index contributed by atoms with van der Waals surface area (Å²) in [6, 6.07) is 4.16. The molecule has 0 saturated heterocycles. The van der Waals surface area contributed by atoms with Crippen molar-refractivity contribution in [3.8, 4) is 0 Å². The summed E-state index contributed by atoms with van der Waals surface area (Å²) in [4.78, 5) is 27.1. The molecule has 0 aliphatic heterocycles. The number of hydrogen-bond acceptors (Lipinski definition) is 4. The zero-order valence-corrected chi connectivity index (χ0v) is 11.6. The zero-order chi connectivity index (χ0) is 14.9. The van der Waals surface area contributed by atoms with Crippen molar-refractivity contribution >= 4 is 23.0 Å². The highest BCUT2D eigenvalue weighted by Crippen LogP contribution is 2.23. The van der Waals surface area contributed by atoms with E-state index in [1.165, 1.54) is 12.1 Å². The molecule has 0 aliphatic rings. The van der Waals surface area contributed by atoms with Crippen molar-refractivity contribution in [3.63, 3.8) is 0 Å². The fourth-order valence-electron chi connectivity index (χ4n) is 2.21. The first kappa shape index (κ1) is 14.0. The highest BCUT2D eigenvalue weighted by atomic mass is 16.5. The van der Waals surface area contributed by atoms with Gasteiger partial charge in [0.2, 0.25) is 0 Å². The topological polar surface area (TPSA) is 81.4 Å². The Hall–Kier alpha value is -2.37. The number of aromatic nitrogens is 2. The van der Waals surface area contributed by atoms with E-state index in [0.717, 1.165) is 0 Å². The number of ether oxygens (including phenoxy) is 1. The molecule has 106 valence electrons. The van der Waals surface area contributed by atoms with Crippen LogP contribution in [0.3, 0.4) is 0 Å². The molecule has 2 rings (SSSR count). The molecule has 20 heavy (non-hydrogen) atoms. The van der Waals surface area contributed by atoms with E-state index < -0.39 is 12.0 Å². The van der Waals surface area contributed by atoms with Crippen molar-refractivity contribution in [1.29, 1.82) is 0 Å². The molecule has 1 aromatic heterocycles. The third kappa shape index (κ3) is 2.36. The lowest BCUT2D eigenvalue weighted by atomic mass is 10.2. The fraction of sp³-hybridized carbons (Fsp3) is 0.357. The van der Waals surface area contributed by atoms with E-state index >= 15 is 0 Å². The van der Waals surface area contributed by atoms with Crippen LogP contribution in [0.5, 0.6) is 0 Å². The molecular weight excluding hydrogens is 260 g/mol. The molecule has 0 aliphatic carbocycles. The van der Waals surface area contributed by atoms with Crippen molar-refractivity contribution in [2.24, 2.45) is 0 Å². The van der Waals surface area contributed by atoms with Crippen LogP contribution >= 0.6 is 0 Å². The standard InChI is InChI=1S/C14H16N2O4/c1-4-20-14(19)8(2)16-9(3)15-11-7-10(13(17)18)5-6-12(11)16/h5-8H,4H2,1-3H3,(H,17,18). The zero-order valence-electron chi connectivity index (χ0n) is 11.6. The van der Waals surface area contributed by atoms with Gasteiger partial charge in [0, 0.05) is 0 Å². The molecule has 0 radical (unpaired) electrons. The van der Waals surface area contributed by atoms with Gasteiger partial charge in [0.05, 0.1) is 23.2 Å². The largest absolute Gasteiger partial charge is 0.478 e. The molecular formula is C14H16N2O4. The summed E-state index contributed by atoms with van der Waals surface area (Å²) in [7, 11) is 0. The normalized spacial score (nSPS) is 12.3. The summed E-state index contributed by atoms with van der Waals surface area (Å²) in [5.41, 5.74) is 1.44. The predicted octanol–water partition coefficient (Wildman–Crippen LogP) is 2.17. The molecule has 1 unspecified atom stereocenters. The molecule has 0 saturated carbocycles. The second-order valence-corrected chi connectivity index (χ2v) is 4.47. The van der Waals surface area contributed by atoms with Gasteiger partial charge in [0.1, 0.15) is 11.9 Å². The number of hydrogen-bond donors (Lipinski definition) is 1. The maximum absolute atomic E-state index is 11.8. The molecule has 0 fully saturated rings. The van der Waals surface area contributed by atoms with Crippen LogP contribution in [-0.4, -0.2) is 33.2 Å². The van der Waals surface area contributed by atoms with Crippen LogP contribution in [0.4, 0.5) is 0 Å². The number of rotatable bonds is 4. The molecule has 0 spiro atoms. The SMILES string of the molecule is CCOC(=O)C(C)n1c(C)nc2cc(C(=O)O)ccc21. The van der Waals surface area contributed by atoms with E-state index in [4.69, 9.17) is 9.84 Å². The number of nitrogens with zero attached hydrogens (tertiary/aromatic N) is 2. The van der Waals surface area contributed by atoms with Gasteiger partial charge in [-0.2, -0.15) is 0 Å². The highest BCUT2D eigenvalue weighted by Gasteiger charge is 2.21. The van der Waals surface area contributed by atoms with E-state index in [1.54, 1.807) is 31.4 Å². The second-order valence-electron chi connectivity index (χ2n) is 4.47. The molecule has 2 aromatic rings. The number of aryl methyl sites for hydroxylation is 1. The van der Waals surface area contributed by atoms with Crippen LogP contribution in [0.2, 0.25) is 0 Å². The molecule has 1 atom stereocenters. The monoisotopic (exact) mass is 276 g/mol. The van der Waals surface area contributed by atoms with Crippen molar-refractivity contribution in [2.75, 3.05) is 6.61 Å². The summed E-state index contributed by atoms with van der Waals surface area (Å²) >= 11 is 0. The summed E-state index contributed by atoms with van der Waals surface area (Å²) in [6.45, 7) is 5.58. The van der Waals surface area contributed by atoms with Gasteiger partial charge >= 0.3 is 11.9 Å². The van der Waals surface area contributed by atoms with Crippen molar-refractivity contribution in [2.45, 2.75) is 26.8 Å². The summed E-state index contributed by atoms with van der Waals surface area (Å²) < 4.78 is 6.76. The maximum Gasteiger partial charge on any atom is 0.335 e. The average Bonchev–Trinajstić information content (AvgIpc) is 2.72. The molecule has 1 heterocycles. The first-order chi connectivity index (χ1) is 9.45. The van der Waals surface area contributed by atoms with Gasteiger partial charge in [-0.05, 0) is 39.0 Å². The Bertz CT molecular complexity index is 675. The van der Waals surface area contributed by atoms with E-state index in [9.17, 15) is 9.59 Å². The van der Waals surface area contributed by atoms with Gasteiger partial charge in [0.25, 0.3) is 0 Å². The molecule has 6 heteroatoms. The third-order valence-electron chi connectivity index (χ3n) is 3.13. The number of aromatic carboxylic acids is 1. The van der Waals surface area contributed by atoms with Crippen LogP contribution in [-0.2, 0) is 9.53 Å². The maximum atomic E-state index is 11.8. The van der Waals surface area contributed by atoms with Gasteiger partial charge in [-0.15, -0.1) is 0 Å². The lowest BCUT2D eigenvalue weighted by molar-refractivity contribution is -0.146. The quantitative estimate of drug-likeness (QED) is 0.865. The Labute approximate surface area is 116 Å². The lowest BCUT2D eigenvalue weighted by Crippen LogP contribution is -2.20. The molecule has 6 nitrogen and oxygen atoms in total. The predicted molar refractivity (Wildman–Crippen MR) is 72.8 cm³/mol. The Morgan fingerprint density at radius 1 is 1.45 bits per heavy atom. The second kappa shape index (κ2) is 5.32. The van der Waals surface area contributed by atoms with Crippen LogP contribution in [0, 0.1) is 6.92 Å². The average molecular weight is 276 g/mol. The van der Waals surface area contributed by atoms with Crippen molar-refractivity contribution < 1.29 is 19.4 Å². The number of carbonyl (C=O) groups is 2. The Balaban J connectivity index is 2.51. The summed E-state index contributed by atoms with van der Waals surface area (Å²) in [6.07, 6.45) is 0. The minimum Gasteiger partial charge on any atom is -0.478 e. The van der Waals surface area contributed by atoms with E-state index in [2.05, 4.69) is 4.98 Å².